The van der Waals surface area contributed by atoms with Crippen molar-refractivity contribution < 1.29 is 19.1 Å². The van der Waals surface area contributed by atoms with Crippen molar-refractivity contribution in [2.24, 2.45) is 0 Å². The van der Waals surface area contributed by atoms with Crippen LogP contribution in [0, 0.1) is 0 Å². The lowest BCUT2D eigenvalue weighted by molar-refractivity contribution is -0.134. The zero-order valence-corrected chi connectivity index (χ0v) is 9.84. The molecular weight excluding hydrogens is 236 g/mol. The number of ether oxygens (including phenoxy) is 2. The van der Waals surface area contributed by atoms with Crippen LogP contribution in [0.2, 0.25) is 0 Å². The number of hydrogen-bond donors (Lipinski definition) is 0. The van der Waals surface area contributed by atoms with Gasteiger partial charge in [0.05, 0.1) is 11.0 Å². The van der Waals surface area contributed by atoms with Crippen LogP contribution in [0.3, 0.4) is 0 Å². The van der Waals surface area contributed by atoms with Crippen molar-refractivity contribution >= 4 is 23.0 Å². The third kappa shape index (κ3) is 2.60. The van der Waals surface area contributed by atoms with E-state index < -0.39 is 11.9 Å². The first kappa shape index (κ1) is 12.0. The maximum atomic E-state index is 11.0. The molecule has 0 fully saturated rings. The molecule has 0 aliphatic carbocycles. The summed E-state index contributed by atoms with van der Waals surface area (Å²) in [6, 6.07) is 3.00. The monoisotopic (exact) mass is 246 g/mol. The van der Waals surface area contributed by atoms with Crippen LogP contribution in [-0.4, -0.2) is 21.9 Å². The summed E-state index contributed by atoms with van der Waals surface area (Å²) in [6.07, 6.45) is 3.04. The Morgan fingerprint density at radius 1 is 0.889 bits per heavy atom. The number of nitrogens with zero attached hydrogens (tertiary/aromatic N) is 2. The minimum Gasteiger partial charge on any atom is -0.423 e. The fraction of sp³-hybridized carbons (Fsp3) is 0.167. The molecule has 6 heteroatoms. The van der Waals surface area contributed by atoms with Gasteiger partial charge in [0.2, 0.25) is 0 Å². The number of carbonyl (C=O) groups is 2. The van der Waals surface area contributed by atoms with E-state index in [0.29, 0.717) is 11.0 Å². The normalized spacial score (nSPS) is 10.1. The zero-order chi connectivity index (χ0) is 13.1. The Labute approximate surface area is 103 Å². The molecule has 1 aromatic heterocycles. The molecule has 2 rings (SSSR count). The maximum Gasteiger partial charge on any atom is 0.308 e. The minimum absolute atomic E-state index is 0.144. The Balaban J connectivity index is 2.55. The van der Waals surface area contributed by atoms with Crippen LogP contribution < -0.4 is 9.47 Å². The van der Waals surface area contributed by atoms with Gasteiger partial charge in [0.1, 0.15) is 0 Å². The highest BCUT2D eigenvalue weighted by Crippen LogP contribution is 2.31. The van der Waals surface area contributed by atoms with Gasteiger partial charge in [-0.05, 0) is 0 Å². The predicted octanol–water partition coefficient (Wildman–Crippen LogP) is 1.48. The SMILES string of the molecule is CC(=O)Oc1cc2nccnc2cc1OC(C)=O. The van der Waals surface area contributed by atoms with Crippen LogP contribution in [0.5, 0.6) is 11.5 Å². The molecule has 6 nitrogen and oxygen atoms in total. The number of rotatable bonds is 2. The molecule has 0 aliphatic heterocycles. The Morgan fingerprint density at radius 2 is 1.28 bits per heavy atom. The van der Waals surface area contributed by atoms with Crippen molar-refractivity contribution in [3.8, 4) is 11.5 Å². The summed E-state index contributed by atoms with van der Waals surface area (Å²) in [4.78, 5) is 30.1. The summed E-state index contributed by atoms with van der Waals surface area (Å²) in [5.41, 5.74) is 1.09. The topological polar surface area (TPSA) is 78.4 Å². The van der Waals surface area contributed by atoms with E-state index in [4.69, 9.17) is 9.47 Å². The molecule has 18 heavy (non-hydrogen) atoms. The van der Waals surface area contributed by atoms with Gasteiger partial charge in [-0.15, -0.1) is 0 Å². The summed E-state index contributed by atoms with van der Waals surface area (Å²) in [5, 5.41) is 0. The summed E-state index contributed by atoms with van der Waals surface area (Å²) in [5.74, 6) is -0.727. The van der Waals surface area contributed by atoms with E-state index in [9.17, 15) is 9.59 Å². The van der Waals surface area contributed by atoms with Crippen molar-refractivity contribution in [2.75, 3.05) is 0 Å². The molecule has 1 aromatic carbocycles. The fourth-order valence-corrected chi connectivity index (χ4v) is 1.44. The zero-order valence-electron chi connectivity index (χ0n) is 9.84. The van der Waals surface area contributed by atoms with Gasteiger partial charge >= 0.3 is 11.9 Å². The molecule has 0 amide bonds. The molecule has 0 N–H and O–H groups in total. The molecule has 0 unspecified atom stereocenters. The van der Waals surface area contributed by atoms with E-state index in [1.165, 1.54) is 38.4 Å². The Bertz CT molecular complexity index is 570. The molecule has 0 saturated carbocycles. The first-order valence-electron chi connectivity index (χ1n) is 5.18. The van der Waals surface area contributed by atoms with Crippen LogP contribution in [0.1, 0.15) is 13.8 Å². The molecule has 2 aromatic rings. The number of carbonyl (C=O) groups excluding carboxylic acids is 2. The average molecular weight is 246 g/mol. The van der Waals surface area contributed by atoms with Crippen molar-refractivity contribution in [1.82, 2.24) is 9.97 Å². The number of aromatic nitrogens is 2. The van der Waals surface area contributed by atoms with Crippen LogP contribution in [0.15, 0.2) is 24.5 Å². The molecular formula is C12H10N2O4. The summed E-state index contributed by atoms with van der Waals surface area (Å²) < 4.78 is 9.94. The quantitative estimate of drug-likeness (QED) is 0.590. The van der Waals surface area contributed by atoms with E-state index in [0.717, 1.165) is 0 Å². The number of benzene rings is 1. The number of esters is 2. The molecule has 0 spiro atoms. The molecule has 0 atom stereocenters. The van der Waals surface area contributed by atoms with Crippen LogP contribution in [0.25, 0.3) is 11.0 Å². The second-order valence-corrected chi connectivity index (χ2v) is 3.53. The molecule has 1 heterocycles. The first-order chi connectivity index (χ1) is 8.56. The van der Waals surface area contributed by atoms with Gasteiger partial charge in [-0.3, -0.25) is 19.6 Å². The molecule has 0 bridgehead atoms. The standard InChI is InChI=1S/C12H10N2O4/c1-7(15)17-11-5-9-10(14-4-3-13-9)6-12(11)18-8(2)16/h3-6H,1-2H3. The molecule has 92 valence electrons. The van der Waals surface area contributed by atoms with E-state index >= 15 is 0 Å². The summed E-state index contributed by atoms with van der Waals surface area (Å²) >= 11 is 0. The molecule has 0 aliphatic rings. The van der Waals surface area contributed by atoms with Crippen LogP contribution >= 0.6 is 0 Å². The Hall–Kier alpha value is -2.50. The van der Waals surface area contributed by atoms with Crippen LogP contribution in [0.4, 0.5) is 0 Å². The third-order valence-electron chi connectivity index (χ3n) is 2.04. The molecule has 0 radical (unpaired) electrons. The van der Waals surface area contributed by atoms with Gasteiger partial charge < -0.3 is 9.47 Å². The van der Waals surface area contributed by atoms with Crippen molar-refractivity contribution in [3.63, 3.8) is 0 Å². The average Bonchev–Trinajstić information content (AvgIpc) is 2.28. The second kappa shape index (κ2) is 4.79. The second-order valence-electron chi connectivity index (χ2n) is 3.53. The lowest BCUT2D eigenvalue weighted by Gasteiger charge is -2.09. The van der Waals surface area contributed by atoms with Gasteiger partial charge in [0.25, 0.3) is 0 Å². The number of hydrogen-bond acceptors (Lipinski definition) is 6. The van der Waals surface area contributed by atoms with E-state index in [1.54, 1.807) is 0 Å². The minimum atomic E-state index is -0.508. The first-order valence-corrected chi connectivity index (χ1v) is 5.18. The van der Waals surface area contributed by atoms with Gasteiger partial charge in [-0.25, -0.2) is 0 Å². The van der Waals surface area contributed by atoms with E-state index in [-0.39, 0.29) is 11.5 Å². The highest BCUT2D eigenvalue weighted by atomic mass is 16.6. The van der Waals surface area contributed by atoms with Gasteiger partial charge in [-0.1, -0.05) is 0 Å². The van der Waals surface area contributed by atoms with E-state index in [2.05, 4.69) is 9.97 Å². The van der Waals surface area contributed by atoms with Gasteiger partial charge in [0.15, 0.2) is 11.5 Å². The number of fused-ring (bicyclic) bond motifs is 1. The third-order valence-corrected chi connectivity index (χ3v) is 2.04. The largest absolute Gasteiger partial charge is 0.423 e. The fourth-order valence-electron chi connectivity index (χ4n) is 1.44. The highest BCUT2D eigenvalue weighted by Gasteiger charge is 2.12. The lowest BCUT2D eigenvalue weighted by Crippen LogP contribution is -2.07. The van der Waals surface area contributed by atoms with Crippen molar-refractivity contribution in [1.29, 1.82) is 0 Å². The highest BCUT2D eigenvalue weighted by molar-refractivity contribution is 5.82. The van der Waals surface area contributed by atoms with Crippen molar-refractivity contribution in [2.45, 2.75) is 13.8 Å². The predicted molar refractivity (Wildman–Crippen MR) is 62.2 cm³/mol. The van der Waals surface area contributed by atoms with Gasteiger partial charge in [0, 0.05) is 38.4 Å². The Morgan fingerprint density at radius 3 is 1.61 bits per heavy atom. The maximum absolute atomic E-state index is 11.0. The van der Waals surface area contributed by atoms with Gasteiger partial charge in [-0.2, -0.15) is 0 Å². The van der Waals surface area contributed by atoms with Crippen LogP contribution in [-0.2, 0) is 9.59 Å². The Kier molecular flexibility index (Phi) is 3.18. The molecule has 0 saturated heterocycles. The lowest BCUT2D eigenvalue weighted by atomic mass is 10.2. The summed E-state index contributed by atoms with van der Waals surface area (Å²) in [6.45, 7) is 2.52. The summed E-state index contributed by atoms with van der Waals surface area (Å²) in [7, 11) is 0. The van der Waals surface area contributed by atoms with Crippen molar-refractivity contribution in [3.05, 3.63) is 24.5 Å². The smallest absolute Gasteiger partial charge is 0.308 e. The van der Waals surface area contributed by atoms with E-state index in [1.807, 2.05) is 0 Å².